The van der Waals surface area contributed by atoms with Gasteiger partial charge in [0.05, 0.1) is 12.0 Å². The van der Waals surface area contributed by atoms with Gasteiger partial charge in [0.1, 0.15) is 0 Å². The predicted octanol–water partition coefficient (Wildman–Crippen LogP) is 3.13. The smallest absolute Gasteiger partial charge is 0.349 e. The molecule has 1 amide bonds. The normalized spacial score (nSPS) is 14.7. The topological polar surface area (TPSA) is 55.1 Å². The van der Waals surface area contributed by atoms with Gasteiger partial charge in [-0.25, -0.2) is 0 Å². The van der Waals surface area contributed by atoms with E-state index in [4.69, 9.17) is 5.73 Å². The van der Waals surface area contributed by atoms with Crippen LogP contribution in [0.2, 0.25) is 0 Å². The van der Waals surface area contributed by atoms with E-state index in [1.807, 2.05) is 20.8 Å². The summed E-state index contributed by atoms with van der Waals surface area (Å²) in [5.74, 6) is 0.133. The summed E-state index contributed by atoms with van der Waals surface area (Å²) in [6, 6.07) is 4.62. The summed E-state index contributed by atoms with van der Waals surface area (Å²) in [6.45, 7) is 6.26. The zero-order chi connectivity index (χ0) is 17.0. The van der Waals surface area contributed by atoms with Crippen LogP contribution in [0.15, 0.2) is 24.3 Å². The van der Waals surface area contributed by atoms with Crippen LogP contribution in [0.25, 0.3) is 0 Å². The predicted molar refractivity (Wildman–Crippen MR) is 80.2 cm³/mol. The molecular weight excluding hydrogens is 293 g/mol. The van der Waals surface area contributed by atoms with Crippen LogP contribution in [0.1, 0.15) is 38.3 Å². The van der Waals surface area contributed by atoms with Gasteiger partial charge >= 0.3 is 6.18 Å². The van der Waals surface area contributed by atoms with Gasteiger partial charge < -0.3 is 11.1 Å². The standard InChI is InChI=1S/C16H23F3N2O/c1-11(2)9-15(3,10-20)21-14(22)8-12-4-6-13(7-5-12)16(17,18)19/h4-7,11H,8-10,20H2,1-3H3,(H,21,22). The second-order valence-corrected chi connectivity index (χ2v) is 6.28. The Hall–Kier alpha value is -1.56. The van der Waals surface area contributed by atoms with Crippen molar-refractivity contribution in [2.75, 3.05) is 6.54 Å². The highest BCUT2D eigenvalue weighted by Crippen LogP contribution is 2.29. The molecule has 22 heavy (non-hydrogen) atoms. The van der Waals surface area contributed by atoms with Crippen LogP contribution in [0.4, 0.5) is 13.2 Å². The average Bonchev–Trinajstić information content (AvgIpc) is 2.37. The molecule has 0 aliphatic heterocycles. The number of rotatable bonds is 6. The fraction of sp³-hybridized carbons (Fsp3) is 0.562. The first-order chi connectivity index (χ1) is 10.1. The first-order valence-corrected chi connectivity index (χ1v) is 7.23. The van der Waals surface area contributed by atoms with Crippen molar-refractivity contribution in [2.24, 2.45) is 11.7 Å². The molecule has 0 bridgehead atoms. The fourth-order valence-corrected chi connectivity index (χ4v) is 2.46. The molecular formula is C16H23F3N2O. The van der Waals surface area contributed by atoms with Gasteiger partial charge in [0.2, 0.25) is 5.91 Å². The molecule has 1 aromatic rings. The Morgan fingerprint density at radius 2 is 1.77 bits per heavy atom. The summed E-state index contributed by atoms with van der Waals surface area (Å²) < 4.78 is 37.4. The minimum Gasteiger partial charge on any atom is -0.349 e. The monoisotopic (exact) mass is 316 g/mol. The molecule has 0 spiro atoms. The zero-order valence-electron chi connectivity index (χ0n) is 13.1. The van der Waals surface area contributed by atoms with Crippen molar-refractivity contribution in [2.45, 2.75) is 45.3 Å². The van der Waals surface area contributed by atoms with Gasteiger partial charge in [-0.2, -0.15) is 13.2 Å². The third kappa shape index (κ3) is 5.67. The Bertz CT molecular complexity index is 497. The van der Waals surface area contributed by atoms with E-state index in [-0.39, 0.29) is 12.3 Å². The van der Waals surface area contributed by atoms with Crippen LogP contribution in [0.5, 0.6) is 0 Å². The lowest BCUT2D eigenvalue weighted by atomic mass is 9.90. The van der Waals surface area contributed by atoms with Crippen molar-refractivity contribution in [1.29, 1.82) is 0 Å². The van der Waals surface area contributed by atoms with Gasteiger partial charge in [-0.3, -0.25) is 4.79 Å². The van der Waals surface area contributed by atoms with E-state index in [9.17, 15) is 18.0 Å². The molecule has 0 aromatic heterocycles. The summed E-state index contributed by atoms with van der Waals surface area (Å²) in [6.07, 6.45) is -3.59. The minimum atomic E-state index is -4.36. The number of hydrogen-bond donors (Lipinski definition) is 2. The molecule has 0 heterocycles. The van der Waals surface area contributed by atoms with Crippen LogP contribution in [0, 0.1) is 5.92 Å². The lowest BCUT2D eigenvalue weighted by Crippen LogP contribution is -2.52. The Morgan fingerprint density at radius 3 is 2.18 bits per heavy atom. The highest BCUT2D eigenvalue weighted by atomic mass is 19.4. The maximum Gasteiger partial charge on any atom is 0.416 e. The molecule has 6 heteroatoms. The minimum absolute atomic E-state index is 0.0336. The fourth-order valence-electron chi connectivity index (χ4n) is 2.46. The SMILES string of the molecule is CC(C)CC(C)(CN)NC(=O)Cc1ccc(C(F)(F)F)cc1. The zero-order valence-corrected chi connectivity index (χ0v) is 13.1. The Labute approximate surface area is 129 Å². The molecule has 0 aliphatic carbocycles. The molecule has 1 unspecified atom stereocenters. The molecule has 0 saturated carbocycles. The van der Waals surface area contributed by atoms with Crippen molar-refractivity contribution in [3.05, 3.63) is 35.4 Å². The van der Waals surface area contributed by atoms with Crippen molar-refractivity contribution < 1.29 is 18.0 Å². The summed E-state index contributed by atoms with van der Waals surface area (Å²) in [4.78, 5) is 12.1. The lowest BCUT2D eigenvalue weighted by molar-refractivity contribution is -0.137. The van der Waals surface area contributed by atoms with E-state index in [1.165, 1.54) is 12.1 Å². The molecule has 0 fully saturated rings. The second kappa shape index (κ2) is 7.13. The molecule has 3 N–H and O–H groups in total. The maximum absolute atomic E-state index is 12.5. The van der Waals surface area contributed by atoms with Crippen molar-refractivity contribution in [3.63, 3.8) is 0 Å². The number of nitrogens with one attached hydrogen (secondary N) is 1. The molecule has 0 radical (unpaired) electrons. The van der Waals surface area contributed by atoms with Gasteiger partial charge in [-0.05, 0) is 37.0 Å². The quantitative estimate of drug-likeness (QED) is 0.847. The number of alkyl halides is 3. The highest BCUT2D eigenvalue weighted by Gasteiger charge is 2.30. The molecule has 3 nitrogen and oxygen atoms in total. The van der Waals surface area contributed by atoms with E-state index in [0.717, 1.165) is 18.6 Å². The van der Waals surface area contributed by atoms with Crippen LogP contribution < -0.4 is 11.1 Å². The molecule has 124 valence electrons. The third-order valence-corrected chi connectivity index (χ3v) is 3.40. The van der Waals surface area contributed by atoms with Crippen LogP contribution >= 0.6 is 0 Å². The number of hydrogen-bond acceptors (Lipinski definition) is 2. The first-order valence-electron chi connectivity index (χ1n) is 7.23. The molecule has 0 saturated heterocycles. The summed E-state index contributed by atoms with van der Waals surface area (Å²) in [7, 11) is 0. The van der Waals surface area contributed by atoms with E-state index in [1.54, 1.807) is 0 Å². The number of amides is 1. The van der Waals surface area contributed by atoms with Gasteiger partial charge in [-0.15, -0.1) is 0 Å². The number of halogens is 3. The van der Waals surface area contributed by atoms with E-state index >= 15 is 0 Å². The Balaban J connectivity index is 2.68. The summed E-state index contributed by atoms with van der Waals surface area (Å²) >= 11 is 0. The van der Waals surface area contributed by atoms with Crippen LogP contribution in [-0.2, 0) is 17.4 Å². The second-order valence-electron chi connectivity index (χ2n) is 6.28. The van der Waals surface area contributed by atoms with Gasteiger partial charge in [-0.1, -0.05) is 26.0 Å². The van der Waals surface area contributed by atoms with E-state index in [2.05, 4.69) is 5.32 Å². The third-order valence-electron chi connectivity index (χ3n) is 3.40. The molecule has 1 rings (SSSR count). The van der Waals surface area contributed by atoms with Gasteiger partial charge in [0.25, 0.3) is 0 Å². The van der Waals surface area contributed by atoms with Gasteiger partial charge in [0, 0.05) is 12.1 Å². The van der Waals surface area contributed by atoms with Crippen LogP contribution in [0.3, 0.4) is 0 Å². The number of benzene rings is 1. The van der Waals surface area contributed by atoms with Crippen molar-refractivity contribution >= 4 is 5.91 Å². The lowest BCUT2D eigenvalue weighted by Gasteiger charge is -2.31. The van der Waals surface area contributed by atoms with Gasteiger partial charge in [0.15, 0.2) is 0 Å². The van der Waals surface area contributed by atoms with E-state index in [0.29, 0.717) is 18.0 Å². The number of nitrogens with two attached hydrogens (primary N) is 1. The molecule has 1 aromatic carbocycles. The Morgan fingerprint density at radius 1 is 1.23 bits per heavy atom. The number of carbonyl (C=O) groups excluding carboxylic acids is 1. The highest BCUT2D eigenvalue weighted by molar-refractivity contribution is 5.79. The molecule has 1 atom stereocenters. The van der Waals surface area contributed by atoms with Crippen molar-refractivity contribution in [3.8, 4) is 0 Å². The average molecular weight is 316 g/mol. The largest absolute Gasteiger partial charge is 0.416 e. The van der Waals surface area contributed by atoms with Crippen LogP contribution in [-0.4, -0.2) is 18.0 Å². The Kier molecular flexibility index (Phi) is 6.00. The summed E-state index contributed by atoms with van der Waals surface area (Å²) in [5.41, 5.74) is 5.04. The van der Waals surface area contributed by atoms with Crippen molar-refractivity contribution in [1.82, 2.24) is 5.32 Å². The summed E-state index contributed by atoms with van der Waals surface area (Å²) in [5, 5.41) is 2.88. The maximum atomic E-state index is 12.5. The number of carbonyl (C=O) groups is 1. The molecule has 0 aliphatic rings. The van der Waals surface area contributed by atoms with E-state index < -0.39 is 17.3 Å². The first kappa shape index (κ1) is 18.5.